The molecule has 0 N–H and O–H groups in total. The van der Waals surface area contributed by atoms with Crippen LogP contribution in [0.4, 0.5) is 5.69 Å². The molecule has 0 aliphatic rings. The average Bonchev–Trinajstić information content (AvgIpc) is 1.57. The second-order valence-corrected chi connectivity index (χ2v) is 34.5. The van der Waals surface area contributed by atoms with Crippen LogP contribution in [-0.4, -0.2) is 4.57 Å². The summed E-state index contributed by atoms with van der Waals surface area (Å²) in [4.78, 5) is 3.67. The highest BCUT2D eigenvalue weighted by Crippen LogP contribution is 2.43. The van der Waals surface area contributed by atoms with E-state index in [9.17, 15) is 0 Å². The van der Waals surface area contributed by atoms with Gasteiger partial charge >= 0.3 is 0 Å². The highest BCUT2D eigenvalue weighted by atomic mass is 16.3. The van der Waals surface area contributed by atoms with E-state index in [-0.39, 0.29) is 0 Å². The van der Waals surface area contributed by atoms with Gasteiger partial charge in [-0.15, -0.1) is 0 Å². The lowest BCUT2D eigenvalue weighted by Crippen LogP contribution is -1.93. The molecule has 4 nitrogen and oxygen atoms in total. The van der Waals surface area contributed by atoms with Crippen molar-refractivity contribution >= 4 is 82.1 Å². The summed E-state index contributed by atoms with van der Waals surface area (Å²) >= 11 is 0. The van der Waals surface area contributed by atoms with E-state index in [4.69, 9.17) is 15.4 Å². The summed E-state index contributed by atoms with van der Waals surface area (Å²) < 4.78 is 14.5. The molecule has 0 radical (unpaired) electrons. The number of nitrogens with zero attached hydrogens (tertiary/aromatic N) is 2. The smallest absolute Gasteiger partial charge is 0.194 e. The lowest BCUT2D eigenvalue weighted by Gasteiger charge is -2.12. The van der Waals surface area contributed by atoms with Crippen LogP contribution >= 0.6 is 0 Å². The van der Waals surface area contributed by atoms with E-state index in [1.54, 1.807) is 0 Å². The van der Waals surface area contributed by atoms with E-state index >= 15 is 0 Å². The molecule has 0 atom stereocenters. The maximum absolute atomic E-state index is 7.43. The maximum Gasteiger partial charge on any atom is 0.194 e. The van der Waals surface area contributed by atoms with Gasteiger partial charge in [-0.1, -0.05) is 388 Å². The van der Waals surface area contributed by atoms with Gasteiger partial charge in [0, 0.05) is 38.0 Å². The predicted octanol–water partition coefficient (Wildman–Crippen LogP) is 36.6. The van der Waals surface area contributed by atoms with Crippen LogP contribution in [0.3, 0.4) is 0 Å². The first-order valence-electron chi connectivity index (χ1n) is 45.4. The Morgan fingerprint density at radius 3 is 0.985 bits per heavy atom. The van der Waals surface area contributed by atoms with Crippen LogP contribution in [-0.2, 0) is 0 Å². The van der Waals surface area contributed by atoms with Crippen LogP contribution in [0.2, 0.25) is 0 Å². The third kappa shape index (κ3) is 17.5. The number of aryl methyl sites for hydroxylation is 4. The minimum atomic E-state index is 0.684. The van der Waals surface area contributed by atoms with Crippen LogP contribution in [0.1, 0.15) is 22.3 Å². The van der Waals surface area contributed by atoms with Crippen LogP contribution in [0.5, 0.6) is 0 Å². The molecule has 133 heavy (non-hydrogen) atoms. The van der Waals surface area contributed by atoms with Crippen molar-refractivity contribution in [3.05, 3.63) is 519 Å². The first kappa shape index (κ1) is 82.7. The lowest BCUT2D eigenvalue weighted by atomic mass is 9.94. The largest absolute Gasteiger partial charge is 0.456 e. The zero-order chi connectivity index (χ0) is 89.7. The molecule has 4 heteroatoms. The van der Waals surface area contributed by atoms with Gasteiger partial charge in [0.2, 0.25) is 0 Å². The third-order valence-electron chi connectivity index (χ3n) is 25.3. The molecule has 630 valence electrons. The van der Waals surface area contributed by atoms with Crippen LogP contribution in [0.25, 0.3) is 221 Å². The minimum Gasteiger partial charge on any atom is -0.456 e. The van der Waals surface area contributed by atoms with Crippen molar-refractivity contribution in [1.82, 2.24) is 4.57 Å². The van der Waals surface area contributed by atoms with Crippen LogP contribution in [0.15, 0.2) is 494 Å². The van der Waals surface area contributed by atoms with Crippen molar-refractivity contribution in [1.29, 1.82) is 0 Å². The summed E-state index contributed by atoms with van der Waals surface area (Å²) in [5.74, 6) is 0. The Morgan fingerprint density at radius 2 is 0.496 bits per heavy atom. The van der Waals surface area contributed by atoms with Gasteiger partial charge in [-0.05, 0) is 291 Å². The summed E-state index contributed by atoms with van der Waals surface area (Å²) in [6.45, 7) is 16.1. The molecule has 0 fully saturated rings. The lowest BCUT2D eigenvalue weighted by molar-refractivity contribution is 0.668. The Balaban J connectivity index is 0.000000108. The van der Waals surface area contributed by atoms with Gasteiger partial charge in [0.15, 0.2) is 5.69 Å². The molecule has 0 unspecified atom stereocenters. The van der Waals surface area contributed by atoms with Gasteiger partial charge < -0.3 is 13.4 Å². The molecule has 0 amide bonds. The summed E-state index contributed by atoms with van der Waals surface area (Å²) in [5.41, 5.74) is 42.0. The first-order valence-corrected chi connectivity index (χ1v) is 45.4. The number of para-hydroxylation sites is 4. The number of furan rings is 2. The summed E-state index contributed by atoms with van der Waals surface area (Å²) in [6, 6.07) is 172. The molecule has 0 saturated heterocycles. The van der Waals surface area contributed by atoms with E-state index < -0.39 is 0 Å². The van der Waals surface area contributed by atoms with Gasteiger partial charge in [0.1, 0.15) is 22.3 Å². The SMILES string of the molecule is Cc1cc(-c2ccccc2)cc(-c2ccc(-c3ccc4c(c3)oc3ccccc34)cc2)c1.Cc1cc(-c2ccccc2)cc(-c2ccc(-c3ccc4oc5ccccc5c4c3)cc2)c1.Cc1cc(-c2ccccc2)cc(-c2cccc(-c3ccc(-n4c5ccccc5c5c6ccccc6ccc54)cc3)c2)c1.[C-]#[N+]c1ccccc1-c1cccc(-c2cc(C)cc(-c3ccccc3)c2)c1. The van der Waals surface area contributed by atoms with E-state index in [2.05, 4.69) is 468 Å². The summed E-state index contributed by atoms with van der Waals surface area (Å²) in [7, 11) is 0. The molecular formula is C129H92N2O2. The zero-order valence-corrected chi connectivity index (χ0v) is 74.4. The molecular weight excluding hydrogens is 1610 g/mol. The number of rotatable bonds is 13. The van der Waals surface area contributed by atoms with Crippen molar-refractivity contribution in [2.75, 3.05) is 0 Å². The quantitative estimate of drug-likeness (QED) is 0.108. The maximum atomic E-state index is 7.43. The summed E-state index contributed by atoms with van der Waals surface area (Å²) in [5, 5.41) is 9.81. The van der Waals surface area contributed by atoms with Gasteiger partial charge in [0.25, 0.3) is 0 Å². The van der Waals surface area contributed by atoms with Gasteiger partial charge in [-0.2, -0.15) is 0 Å². The minimum absolute atomic E-state index is 0.684. The number of aromatic nitrogens is 1. The Hall–Kier alpha value is -17.2. The van der Waals surface area contributed by atoms with E-state index in [0.29, 0.717) is 5.69 Å². The molecule has 24 aromatic rings. The second kappa shape index (κ2) is 36.9. The normalized spacial score (nSPS) is 11.2. The van der Waals surface area contributed by atoms with E-state index in [1.807, 2.05) is 54.6 Å². The van der Waals surface area contributed by atoms with Crippen molar-refractivity contribution in [2.24, 2.45) is 0 Å². The van der Waals surface area contributed by atoms with Crippen molar-refractivity contribution in [3.8, 4) is 139 Å². The number of fused-ring (bicyclic) bond motifs is 11. The molecule has 0 spiro atoms. The monoisotopic (exact) mass is 1700 g/mol. The standard InChI is InChI=1S/C41H29N.2C31H22O.C26H19N/c1-28-24-34(29-10-3-2-4-11-29)27-35(25-28)33-14-9-13-32(26-33)30-18-21-36(22-19-30)42-39-17-8-7-16-38(39)41-37-15-6-5-12-31(37)20-23-40(41)42;1-21-17-26(22-7-3-2-4-8-22)19-27(18-21)24-13-11-23(12-14-24)25-15-16-31-29(20-25)28-9-5-6-10-30(28)32-31;1-21-17-26(22-7-3-2-4-8-22)19-27(18-21)24-13-11-23(12-14-24)25-15-16-29-28-9-5-6-10-30(28)32-31(29)20-25;1-19-15-23(20-9-4-3-5-10-20)18-24(16-19)21-11-8-12-22(17-21)25-13-6-7-14-26(25)27-2/h2-27H,1H3;2*2-20H,1H3;3-18H,1H3. The summed E-state index contributed by atoms with van der Waals surface area (Å²) in [6.07, 6.45) is 0. The highest BCUT2D eigenvalue weighted by molar-refractivity contribution is 6.21. The van der Waals surface area contributed by atoms with Gasteiger partial charge in [-0.3, -0.25) is 0 Å². The Labute approximate surface area is 776 Å². The topological polar surface area (TPSA) is 35.6 Å². The highest BCUT2D eigenvalue weighted by Gasteiger charge is 2.19. The molecule has 3 heterocycles. The molecule has 3 aromatic heterocycles. The molecule has 0 bridgehead atoms. The van der Waals surface area contributed by atoms with Crippen LogP contribution < -0.4 is 0 Å². The third-order valence-corrected chi connectivity index (χ3v) is 25.3. The Kier molecular flexibility index (Phi) is 22.9. The fourth-order valence-corrected chi connectivity index (χ4v) is 18.9. The number of hydrogen-bond acceptors (Lipinski definition) is 2. The first-order chi connectivity index (χ1) is 65.5. The van der Waals surface area contributed by atoms with Crippen LogP contribution in [0, 0.1) is 34.3 Å². The van der Waals surface area contributed by atoms with Crippen molar-refractivity contribution in [2.45, 2.75) is 27.7 Å². The van der Waals surface area contributed by atoms with Crippen molar-refractivity contribution in [3.63, 3.8) is 0 Å². The van der Waals surface area contributed by atoms with E-state index in [0.717, 1.165) is 66.1 Å². The van der Waals surface area contributed by atoms with Gasteiger partial charge in [0.05, 0.1) is 17.6 Å². The van der Waals surface area contributed by atoms with Crippen molar-refractivity contribution < 1.29 is 8.83 Å². The number of hydrogen-bond donors (Lipinski definition) is 0. The molecule has 0 aliphatic heterocycles. The average molecular weight is 1700 g/mol. The molecule has 0 aliphatic carbocycles. The molecule has 0 saturated carbocycles. The van der Waals surface area contributed by atoms with E-state index in [1.165, 1.54) is 172 Å². The predicted molar refractivity (Wildman–Crippen MR) is 563 cm³/mol. The second-order valence-electron chi connectivity index (χ2n) is 34.5. The Bertz CT molecular complexity index is 8440. The van der Waals surface area contributed by atoms with Gasteiger partial charge in [-0.25, -0.2) is 4.85 Å². The molecule has 21 aromatic carbocycles. The fourth-order valence-electron chi connectivity index (χ4n) is 18.9. The number of benzene rings is 21. The molecule has 24 rings (SSSR count). The zero-order valence-electron chi connectivity index (χ0n) is 74.4. The fraction of sp³-hybridized carbons (Fsp3) is 0.0310. The Morgan fingerprint density at radius 1 is 0.188 bits per heavy atom.